The van der Waals surface area contributed by atoms with Gasteiger partial charge in [0.1, 0.15) is 0 Å². The van der Waals surface area contributed by atoms with Crippen LogP contribution in [0.25, 0.3) is 0 Å². The van der Waals surface area contributed by atoms with Gasteiger partial charge in [-0.1, -0.05) is 6.07 Å². The molecule has 1 rings (SSSR count). The lowest BCUT2D eigenvalue weighted by Crippen LogP contribution is -2.01. The largest absolute Gasteiger partial charge is 0.281 e. The van der Waals surface area contributed by atoms with Gasteiger partial charge in [-0.05, 0) is 65.9 Å². The average molecular weight is 241 g/mol. The van der Waals surface area contributed by atoms with Gasteiger partial charge in [-0.25, -0.2) is 0 Å². The molecule has 0 aliphatic heterocycles. The van der Waals surface area contributed by atoms with Crippen LogP contribution in [0.2, 0.25) is 0 Å². The zero-order valence-corrected chi connectivity index (χ0v) is 9.95. The van der Waals surface area contributed by atoms with E-state index < -0.39 is 0 Å². The van der Waals surface area contributed by atoms with Crippen LogP contribution in [0, 0.1) is 27.7 Å². The predicted octanol–water partition coefficient (Wildman–Crippen LogP) is 3.46. The first-order valence-electron chi connectivity index (χ1n) is 4.22. The van der Waals surface area contributed by atoms with Crippen LogP contribution in [-0.2, 0) is 0 Å². The van der Waals surface area contributed by atoms with Crippen LogP contribution in [-0.4, -0.2) is 4.69 Å². The molecule has 0 radical (unpaired) electrons. The highest BCUT2D eigenvalue weighted by molar-refractivity contribution is 9.18. The molecule has 70 valence electrons. The van der Waals surface area contributed by atoms with E-state index in [4.69, 9.17) is 0 Å². The maximum Gasteiger partial charge on any atom is 0.228 e. The SMILES string of the molecule is Cc1cc(C)c(C)c(C(=O)Br)c1C. The van der Waals surface area contributed by atoms with E-state index in [0.29, 0.717) is 0 Å². The molecule has 0 aromatic heterocycles. The van der Waals surface area contributed by atoms with E-state index in [-0.39, 0.29) is 4.69 Å². The molecule has 0 spiro atoms. The quantitative estimate of drug-likeness (QED) is 0.688. The predicted molar refractivity (Wildman–Crippen MR) is 58.6 cm³/mol. The maximum atomic E-state index is 11.3. The first-order chi connectivity index (χ1) is 5.95. The van der Waals surface area contributed by atoms with Crippen molar-refractivity contribution in [3.8, 4) is 0 Å². The molecule has 2 heteroatoms. The molecule has 0 amide bonds. The normalized spacial score (nSPS) is 10.2. The number of hydrogen-bond acceptors (Lipinski definition) is 1. The molecule has 0 bridgehead atoms. The zero-order chi connectivity index (χ0) is 10.2. The molecule has 0 fully saturated rings. The van der Waals surface area contributed by atoms with Gasteiger partial charge >= 0.3 is 0 Å². The summed E-state index contributed by atoms with van der Waals surface area (Å²) < 4.78 is -0.0192. The fourth-order valence-corrected chi connectivity index (χ4v) is 2.11. The average Bonchev–Trinajstić information content (AvgIpc) is 2.01. The Balaban J connectivity index is 3.56. The van der Waals surface area contributed by atoms with E-state index in [1.165, 1.54) is 11.1 Å². The van der Waals surface area contributed by atoms with Crippen molar-refractivity contribution in [1.82, 2.24) is 0 Å². The summed E-state index contributed by atoms with van der Waals surface area (Å²) in [7, 11) is 0. The van der Waals surface area contributed by atoms with Gasteiger partial charge in [-0.3, -0.25) is 4.79 Å². The van der Waals surface area contributed by atoms with Crippen LogP contribution in [0.3, 0.4) is 0 Å². The summed E-state index contributed by atoms with van der Waals surface area (Å²) in [5.74, 6) is 0. The fraction of sp³-hybridized carbons (Fsp3) is 0.364. The summed E-state index contributed by atoms with van der Waals surface area (Å²) in [6, 6.07) is 2.12. The second-order valence-corrected chi connectivity index (χ2v) is 4.13. The van der Waals surface area contributed by atoms with Crippen LogP contribution in [0.1, 0.15) is 32.6 Å². The van der Waals surface area contributed by atoms with Crippen molar-refractivity contribution in [1.29, 1.82) is 0 Å². The minimum absolute atomic E-state index is 0.0192. The monoisotopic (exact) mass is 240 g/mol. The highest BCUT2D eigenvalue weighted by Crippen LogP contribution is 2.23. The summed E-state index contributed by atoms with van der Waals surface area (Å²) in [5.41, 5.74) is 5.31. The third-order valence-electron chi connectivity index (χ3n) is 2.56. The molecule has 0 aliphatic rings. The van der Waals surface area contributed by atoms with Gasteiger partial charge in [0.05, 0.1) is 0 Å². The van der Waals surface area contributed by atoms with Gasteiger partial charge in [-0.15, -0.1) is 0 Å². The van der Waals surface area contributed by atoms with Crippen molar-refractivity contribution >= 4 is 20.6 Å². The number of carbonyl (C=O) groups excluding carboxylic acids is 1. The third kappa shape index (κ3) is 1.83. The molecular formula is C11H13BrO. The highest BCUT2D eigenvalue weighted by Gasteiger charge is 2.12. The number of carbonyl (C=O) groups is 1. The van der Waals surface area contributed by atoms with Crippen molar-refractivity contribution in [2.75, 3.05) is 0 Å². The number of hydrogen-bond donors (Lipinski definition) is 0. The number of rotatable bonds is 1. The summed E-state index contributed by atoms with van der Waals surface area (Å²) in [6.45, 7) is 8.02. The van der Waals surface area contributed by atoms with Gasteiger partial charge in [0.25, 0.3) is 0 Å². The molecule has 0 heterocycles. The minimum Gasteiger partial charge on any atom is -0.281 e. The Morgan fingerprint density at radius 2 is 1.46 bits per heavy atom. The Morgan fingerprint density at radius 1 is 1.08 bits per heavy atom. The molecule has 1 nitrogen and oxygen atoms in total. The summed E-state index contributed by atoms with van der Waals surface area (Å²) in [4.78, 5) is 11.3. The Morgan fingerprint density at radius 3 is 1.77 bits per heavy atom. The van der Waals surface area contributed by atoms with E-state index in [2.05, 4.69) is 22.0 Å². The maximum absolute atomic E-state index is 11.3. The van der Waals surface area contributed by atoms with Gasteiger partial charge in [0.2, 0.25) is 4.69 Å². The Hall–Kier alpha value is -0.630. The van der Waals surface area contributed by atoms with E-state index in [1.54, 1.807) is 0 Å². The van der Waals surface area contributed by atoms with Gasteiger partial charge in [0.15, 0.2) is 0 Å². The fourth-order valence-electron chi connectivity index (χ4n) is 1.51. The van der Waals surface area contributed by atoms with Crippen molar-refractivity contribution < 1.29 is 4.79 Å². The number of halogens is 1. The molecular weight excluding hydrogens is 228 g/mol. The Labute approximate surface area is 87.3 Å². The molecule has 0 saturated heterocycles. The van der Waals surface area contributed by atoms with Crippen LogP contribution >= 0.6 is 15.9 Å². The first kappa shape index (κ1) is 10.5. The smallest absolute Gasteiger partial charge is 0.228 e. The van der Waals surface area contributed by atoms with Gasteiger partial charge in [0, 0.05) is 5.56 Å². The van der Waals surface area contributed by atoms with E-state index in [0.717, 1.165) is 16.7 Å². The van der Waals surface area contributed by atoms with Crippen molar-refractivity contribution in [3.05, 3.63) is 33.9 Å². The van der Waals surface area contributed by atoms with E-state index >= 15 is 0 Å². The lowest BCUT2D eigenvalue weighted by molar-refractivity contribution is 0.109. The standard InChI is InChI=1S/C11H13BrO/c1-6-5-7(2)9(4)10(8(6)3)11(12)13/h5H,1-4H3. The van der Waals surface area contributed by atoms with Crippen molar-refractivity contribution in [2.45, 2.75) is 27.7 Å². The molecule has 0 atom stereocenters. The summed E-state index contributed by atoms with van der Waals surface area (Å²) in [5, 5.41) is 0. The minimum atomic E-state index is -0.0192. The van der Waals surface area contributed by atoms with Gasteiger partial charge in [-0.2, -0.15) is 0 Å². The Kier molecular flexibility index (Phi) is 2.91. The number of aryl methyl sites for hydroxylation is 2. The third-order valence-corrected chi connectivity index (χ3v) is 2.96. The lowest BCUT2D eigenvalue weighted by atomic mass is 9.95. The molecule has 0 unspecified atom stereocenters. The van der Waals surface area contributed by atoms with Crippen molar-refractivity contribution in [3.63, 3.8) is 0 Å². The van der Waals surface area contributed by atoms with E-state index in [9.17, 15) is 4.79 Å². The van der Waals surface area contributed by atoms with Crippen molar-refractivity contribution in [2.24, 2.45) is 0 Å². The van der Waals surface area contributed by atoms with E-state index in [1.807, 2.05) is 27.7 Å². The van der Waals surface area contributed by atoms with Crippen LogP contribution in [0.15, 0.2) is 6.07 Å². The first-order valence-corrected chi connectivity index (χ1v) is 5.01. The molecule has 1 aromatic carbocycles. The van der Waals surface area contributed by atoms with Crippen LogP contribution < -0.4 is 0 Å². The van der Waals surface area contributed by atoms with Crippen LogP contribution in [0.4, 0.5) is 0 Å². The molecule has 0 saturated carbocycles. The molecule has 1 aromatic rings. The summed E-state index contributed by atoms with van der Waals surface area (Å²) in [6.07, 6.45) is 0. The zero-order valence-electron chi connectivity index (χ0n) is 8.36. The molecule has 0 aliphatic carbocycles. The Bertz CT molecular complexity index is 341. The van der Waals surface area contributed by atoms with Gasteiger partial charge < -0.3 is 0 Å². The second kappa shape index (κ2) is 3.62. The molecule has 0 N–H and O–H groups in total. The topological polar surface area (TPSA) is 17.1 Å². The highest BCUT2D eigenvalue weighted by atomic mass is 79.9. The number of benzene rings is 1. The lowest BCUT2D eigenvalue weighted by Gasteiger charge is -2.11. The second-order valence-electron chi connectivity index (χ2n) is 3.41. The van der Waals surface area contributed by atoms with Crippen LogP contribution in [0.5, 0.6) is 0 Å². The summed E-state index contributed by atoms with van der Waals surface area (Å²) >= 11 is 3.01. The molecule has 13 heavy (non-hydrogen) atoms.